The first kappa shape index (κ1) is 18.4. The van der Waals surface area contributed by atoms with Crippen LogP contribution in [-0.4, -0.2) is 20.5 Å². The Hall–Kier alpha value is -3.37. The van der Waals surface area contributed by atoms with Crippen LogP contribution in [0.2, 0.25) is 0 Å². The number of ether oxygens (including phenoxy) is 1. The van der Waals surface area contributed by atoms with Gasteiger partial charge in [0.15, 0.2) is 0 Å². The molecule has 0 radical (unpaired) electrons. The Labute approximate surface area is 157 Å². The maximum Gasteiger partial charge on any atom is 0.234 e. The molecular formula is C20H17N3O3S. The van der Waals surface area contributed by atoms with Crippen LogP contribution in [0.25, 0.3) is 11.1 Å². The van der Waals surface area contributed by atoms with Crippen molar-refractivity contribution >= 4 is 15.7 Å². The van der Waals surface area contributed by atoms with Gasteiger partial charge in [-0.05, 0) is 24.6 Å². The molecule has 0 fully saturated rings. The zero-order valence-corrected chi connectivity index (χ0v) is 15.6. The van der Waals surface area contributed by atoms with Gasteiger partial charge in [-0.2, -0.15) is 10.2 Å². The summed E-state index contributed by atoms with van der Waals surface area (Å²) in [5.41, 5.74) is 7.78. The van der Waals surface area contributed by atoms with Crippen molar-refractivity contribution in [3.05, 3.63) is 65.7 Å². The Morgan fingerprint density at radius 1 is 1.07 bits per heavy atom. The number of nitriles is 1. The summed E-state index contributed by atoms with van der Waals surface area (Å²) in [6.07, 6.45) is 0. The van der Waals surface area contributed by atoms with Crippen molar-refractivity contribution in [3.8, 4) is 23.1 Å². The predicted molar refractivity (Wildman–Crippen MR) is 102 cm³/mol. The Kier molecular flexibility index (Phi) is 4.84. The van der Waals surface area contributed by atoms with Crippen molar-refractivity contribution in [2.75, 3.05) is 12.8 Å². The lowest BCUT2D eigenvalue weighted by Gasteiger charge is -2.16. The fourth-order valence-electron chi connectivity index (χ4n) is 2.80. The third kappa shape index (κ3) is 3.23. The number of aryl methyl sites for hydroxylation is 1. The van der Waals surface area contributed by atoms with E-state index in [9.17, 15) is 13.7 Å². The Morgan fingerprint density at radius 3 is 2.26 bits per heavy atom. The molecule has 27 heavy (non-hydrogen) atoms. The van der Waals surface area contributed by atoms with Crippen molar-refractivity contribution in [2.24, 2.45) is 0 Å². The molecule has 2 aromatic carbocycles. The van der Waals surface area contributed by atoms with Crippen LogP contribution in [0.5, 0.6) is 5.88 Å². The van der Waals surface area contributed by atoms with Gasteiger partial charge in [0.2, 0.25) is 15.7 Å². The van der Waals surface area contributed by atoms with E-state index in [4.69, 9.17) is 10.5 Å². The second kappa shape index (κ2) is 7.09. The molecule has 2 N–H and O–H groups in total. The molecule has 0 amide bonds. The number of aromatic nitrogens is 1. The number of methoxy groups -OCH3 is 1. The number of anilines is 1. The lowest BCUT2D eigenvalue weighted by atomic mass is 10.0. The van der Waals surface area contributed by atoms with Gasteiger partial charge < -0.3 is 10.5 Å². The highest BCUT2D eigenvalue weighted by Crippen LogP contribution is 2.40. The number of sulfone groups is 1. The molecule has 3 rings (SSSR count). The first-order chi connectivity index (χ1) is 12.9. The fraction of sp³-hybridized carbons (Fsp3) is 0.100. The number of pyridine rings is 1. The highest BCUT2D eigenvalue weighted by molar-refractivity contribution is 7.91. The zero-order chi connectivity index (χ0) is 19.6. The first-order valence-corrected chi connectivity index (χ1v) is 9.53. The molecule has 0 spiro atoms. The summed E-state index contributed by atoms with van der Waals surface area (Å²) >= 11 is 0. The average molecular weight is 379 g/mol. The van der Waals surface area contributed by atoms with Crippen molar-refractivity contribution in [3.63, 3.8) is 0 Å². The molecule has 136 valence electrons. The molecular weight excluding hydrogens is 362 g/mol. The fourth-order valence-corrected chi connectivity index (χ4v) is 4.36. The summed E-state index contributed by atoms with van der Waals surface area (Å²) in [6, 6.07) is 17.1. The van der Waals surface area contributed by atoms with Crippen LogP contribution >= 0.6 is 0 Å². The quantitative estimate of drug-likeness (QED) is 0.745. The van der Waals surface area contributed by atoms with Crippen LogP contribution in [0.4, 0.5) is 5.82 Å². The van der Waals surface area contributed by atoms with Gasteiger partial charge in [0.05, 0.1) is 12.0 Å². The minimum atomic E-state index is -4.01. The van der Waals surface area contributed by atoms with E-state index in [0.29, 0.717) is 5.56 Å². The highest BCUT2D eigenvalue weighted by Gasteiger charge is 2.30. The number of nitrogens with zero attached hydrogens (tertiary/aromatic N) is 2. The van der Waals surface area contributed by atoms with Gasteiger partial charge >= 0.3 is 0 Å². The third-order valence-electron chi connectivity index (χ3n) is 4.11. The molecule has 0 aliphatic rings. The van der Waals surface area contributed by atoms with Crippen molar-refractivity contribution < 1.29 is 13.2 Å². The molecule has 7 heteroatoms. The van der Waals surface area contributed by atoms with Crippen molar-refractivity contribution in [2.45, 2.75) is 16.7 Å². The molecule has 1 heterocycles. The van der Waals surface area contributed by atoms with Gasteiger partial charge in [0.1, 0.15) is 22.3 Å². The second-order valence-corrected chi connectivity index (χ2v) is 7.77. The van der Waals surface area contributed by atoms with Gasteiger partial charge in [-0.15, -0.1) is 0 Å². The summed E-state index contributed by atoms with van der Waals surface area (Å²) in [5, 5.41) is 9.69. The molecule has 3 aromatic rings. The van der Waals surface area contributed by atoms with Crippen LogP contribution in [0.15, 0.2) is 64.4 Å². The smallest absolute Gasteiger partial charge is 0.234 e. The van der Waals surface area contributed by atoms with Gasteiger partial charge in [-0.3, -0.25) is 0 Å². The third-order valence-corrected chi connectivity index (χ3v) is 5.96. The number of rotatable bonds is 4. The monoisotopic (exact) mass is 379 g/mol. The summed E-state index contributed by atoms with van der Waals surface area (Å²) in [4.78, 5) is 3.88. The van der Waals surface area contributed by atoms with Crippen LogP contribution in [0.1, 0.15) is 11.1 Å². The summed E-state index contributed by atoms with van der Waals surface area (Å²) in [7, 11) is -2.66. The Morgan fingerprint density at radius 2 is 1.70 bits per heavy atom. The number of hydrogen-bond donors (Lipinski definition) is 1. The van der Waals surface area contributed by atoms with Crippen molar-refractivity contribution in [1.82, 2.24) is 4.98 Å². The number of nitrogen functional groups attached to an aromatic ring is 1. The van der Waals surface area contributed by atoms with E-state index in [2.05, 4.69) is 4.98 Å². The van der Waals surface area contributed by atoms with Gasteiger partial charge in [-0.1, -0.05) is 48.0 Å². The van der Waals surface area contributed by atoms with Crippen LogP contribution in [0, 0.1) is 18.3 Å². The van der Waals surface area contributed by atoms with Gasteiger partial charge in [-0.25, -0.2) is 8.42 Å². The summed E-state index contributed by atoms with van der Waals surface area (Å²) in [5.74, 6) is -0.233. The minimum Gasteiger partial charge on any atom is -0.480 e. The minimum absolute atomic E-state index is 0.0161. The summed E-state index contributed by atoms with van der Waals surface area (Å²) < 4.78 is 31.8. The van der Waals surface area contributed by atoms with Crippen molar-refractivity contribution in [1.29, 1.82) is 5.26 Å². The predicted octanol–water partition coefficient (Wildman–Crippen LogP) is 3.35. The average Bonchev–Trinajstić information content (AvgIpc) is 2.68. The lowest BCUT2D eigenvalue weighted by Crippen LogP contribution is -2.12. The summed E-state index contributed by atoms with van der Waals surface area (Å²) in [6.45, 7) is 1.91. The molecule has 0 saturated carbocycles. The number of hydrogen-bond acceptors (Lipinski definition) is 6. The topological polar surface area (TPSA) is 106 Å². The Balaban J connectivity index is 2.44. The molecule has 0 unspecified atom stereocenters. The van der Waals surface area contributed by atoms with Crippen LogP contribution in [-0.2, 0) is 9.84 Å². The van der Waals surface area contributed by atoms with E-state index < -0.39 is 9.84 Å². The van der Waals surface area contributed by atoms with E-state index in [1.165, 1.54) is 19.2 Å². The maximum atomic E-state index is 13.3. The standard InChI is InChI=1S/C20H17N3O3S/c1-13-8-10-14(11-9-13)17-16(12-21)20(26-2)23-19(22)18(17)27(24,25)15-6-4-3-5-7-15/h3-11H,1-2H3,(H2,22,23). The van der Waals surface area contributed by atoms with E-state index in [0.717, 1.165) is 5.56 Å². The van der Waals surface area contributed by atoms with E-state index >= 15 is 0 Å². The Bertz CT molecular complexity index is 1130. The van der Waals surface area contributed by atoms with Gasteiger partial charge in [0, 0.05) is 5.56 Å². The molecule has 0 aliphatic heterocycles. The van der Waals surface area contributed by atoms with Crippen LogP contribution < -0.4 is 10.5 Å². The van der Waals surface area contributed by atoms with Gasteiger partial charge in [0.25, 0.3) is 0 Å². The van der Waals surface area contributed by atoms with E-state index in [1.54, 1.807) is 30.3 Å². The SMILES string of the molecule is COc1nc(N)c(S(=O)(=O)c2ccccc2)c(-c2ccc(C)cc2)c1C#N. The second-order valence-electron chi connectivity index (χ2n) is 5.88. The van der Waals surface area contributed by atoms with Crippen LogP contribution in [0.3, 0.4) is 0 Å². The molecule has 0 atom stereocenters. The molecule has 0 aliphatic carbocycles. The zero-order valence-electron chi connectivity index (χ0n) is 14.8. The molecule has 1 aromatic heterocycles. The maximum absolute atomic E-state index is 13.3. The molecule has 0 saturated heterocycles. The number of benzene rings is 2. The lowest BCUT2D eigenvalue weighted by molar-refractivity contribution is 0.397. The highest BCUT2D eigenvalue weighted by atomic mass is 32.2. The largest absolute Gasteiger partial charge is 0.480 e. The first-order valence-electron chi connectivity index (χ1n) is 8.05. The van der Waals surface area contributed by atoms with E-state index in [-0.39, 0.29) is 32.6 Å². The number of nitrogens with two attached hydrogens (primary N) is 1. The molecule has 0 bridgehead atoms. The molecule has 6 nitrogen and oxygen atoms in total. The van der Waals surface area contributed by atoms with E-state index in [1.807, 2.05) is 25.1 Å². The normalized spacial score (nSPS) is 11.0.